The quantitative estimate of drug-likeness (QED) is 0.819. The number of alkyl halides is 1. The van der Waals surface area contributed by atoms with E-state index in [0.29, 0.717) is 16.3 Å². The summed E-state index contributed by atoms with van der Waals surface area (Å²) >= 11 is 5.76. The van der Waals surface area contributed by atoms with Crippen molar-refractivity contribution in [2.24, 2.45) is 0 Å². The Hall–Kier alpha value is -0.800. The molecule has 4 heteroatoms. The van der Waals surface area contributed by atoms with E-state index in [-0.39, 0.29) is 0 Å². The molecule has 0 aliphatic rings. The highest BCUT2D eigenvalue weighted by molar-refractivity contribution is 6.32. The van der Waals surface area contributed by atoms with Crippen LogP contribution in [-0.4, -0.2) is 18.8 Å². The van der Waals surface area contributed by atoms with E-state index in [1.54, 1.807) is 6.07 Å². The van der Waals surface area contributed by atoms with Crippen LogP contribution < -0.4 is 4.74 Å². The normalized spacial score (nSPS) is 12.6. The second-order valence-electron chi connectivity index (χ2n) is 2.54. The largest absolute Gasteiger partial charge is 0.495 e. The second kappa shape index (κ2) is 4.44. The fraction of sp³-hybridized carbons (Fsp3) is 0.333. The molecule has 1 N–H and O–H groups in total. The van der Waals surface area contributed by atoms with Crippen molar-refractivity contribution in [1.82, 2.24) is 0 Å². The van der Waals surface area contributed by atoms with Crippen molar-refractivity contribution in [3.8, 4) is 5.75 Å². The predicted molar refractivity (Wildman–Crippen MR) is 48.9 cm³/mol. The molecule has 13 heavy (non-hydrogen) atoms. The zero-order chi connectivity index (χ0) is 9.84. The minimum absolute atomic E-state index is 0.344. The standard InChI is InChI=1S/C9H10ClFO2/c1-13-9-3-2-6(4-7(9)10)8(11)5-12/h2-4,8,12H,5H2,1H3. The minimum atomic E-state index is -1.39. The summed E-state index contributed by atoms with van der Waals surface area (Å²) in [6.07, 6.45) is -1.39. The van der Waals surface area contributed by atoms with Gasteiger partial charge < -0.3 is 9.84 Å². The van der Waals surface area contributed by atoms with E-state index in [9.17, 15) is 4.39 Å². The number of aliphatic hydroxyl groups excluding tert-OH is 1. The van der Waals surface area contributed by atoms with E-state index < -0.39 is 12.8 Å². The van der Waals surface area contributed by atoms with Crippen LogP contribution in [0.25, 0.3) is 0 Å². The van der Waals surface area contributed by atoms with Crippen molar-refractivity contribution in [2.45, 2.75) is 6.17 Å². The third kappa shape index (κ3) is 2.32. The van der Waals surface area contributed by atoms with Crippen LogP contribution in [0.4, 0.5) is 4.39 Å². The Labute approximate surface area is 80.9 Å². The molecule has 1 aromatic rings. The lowest BCUT2D eigenvalue weighted by atomic mass is 10.1. The van der Waals surface area contributed by atoms with E-state index >= 15 is 0 Å². The summed E-state index contributed by atoms with van der Waals surface area (Å²) in [6.45, 7) is -0.539. The SMILES string of the molecule is COc1ccc(C(F)CO)cc1Cl. The molecule has 0 spiro atoms. The Morgan fingerprint density at radius 2 is 2.31 bits per heavy atom. The maximum atomic E-state index is 12.9. The van der Waals surface area contributed by atoms with Crippen LogP contribution in [0.2, 0.25) is 5.02 Å². The maximum Gasteiger partial charge on any atom is 0.148 e. The number of hydrogen-bond acceptors (Lipinski definition) is 2. The van der Waals surface area contributed by atoms with Crippen LogP contribution >= 0.6 is 11.6 Å². The Bertz CT molecular complexity index is 291. The first-order valence-electron chi connectivity index (χ1n) is 3.77. The van der Waals surface area contributed by atoms with Gasteiger partial charge in [-0.15, -0.1) is 0 Å². The molecule has 0 aliphatic carbocycles. The molecule has 1 atom stereocenters. The predicted octanol–water partition coefficient (Wildman–Crippen LogP) is 2.35. The maximum absolute atomic E-state index is 12.9. The number of aliphatic hydroxyl groups is 1. The zero-order valence-electron chi connectivity index (χ0n) is 7.13. The molecule has 0 fully saturated rings. The van der Waals surface area contributed by atoms with Gasteiger partial charge in [0.15, 0.2) is 0 Å². The first kappa shape index (κ1) is 10.3. The molecular weight excluding hydrogens is 195 g/mol. The summed E-state index contributed by atoms with van der Waals surface area (Å²) in [5.74, 6) is 0.496. The molecule has 0 heterocycles. The van der Waals surface area contributed by atoms with Crippen LogP contribution in [0.1, 0.15) is 11.7 Å². The van der Waals surface area contributed by atoms with Gasteiger partial charge in [-0.1, -0.05) is 17.7 Å². The molecule has 1 unspecified atom stereocenters. The number of benzene rings is 1. The van der Waals surface area contributed by atoms with E-state index in [1.165, 1.54) is 19.2 Å². The smallest absolute Gasteiger partial charge is 0.148 e. The fourth-order valence-electron chi connectivity index (χ4n) is 0.983. The van der Waals surface area contributed by atoms with E-state index in [4.69, 9.17) is 21.4 Å². The highest BCUT2D eigenvalue weighted by atomic mass is 35.5. The van der Waals surface area contributed by atoms with Crippen LogP contribution in [0, 0.1) is 0 Å². The van der Waals surface area contributed by atoms with E-state index in [1.807, 2.05) is 0 Å². The number of rotatable bonds is 3. The van der Waals surface area contributed by atoms with Gasteiger partial charge in [0.25, 0.3) is 0 Å². The van der Waals surface area contributed by atoms with Crippen LogP contribution in [0.5, 0.6) is 5.75 Å². The van der Waals surface area contributed by atoms with Gasteiger partial charge in [-0.2, -0.15) is 0 Å². The molecule has 72 valence electrons. The summed E-state index contributed by atoms with van der Waals surface area (Å²) in [6, 6.07) is 4.55. The van der Waals surface area contributed by atoms with Gasteiger partial charge in [-0.05, 0) is 17.7 Å². The van der Waals surface area contributed by atoms with Gasteiger partial charge in [-0.25, -0.2) is 4.39 Å². The Kier molecular flexibility index (Phi) is 3.51. The summed E-state index contributed by atoms with van der Waals surface area (Å²) in [5, 5.41) is 8.90. The first-order chi connectivity index (χ1) is 6.19. The molecular formula is C9H10ClFO2. The van der Waals surface area contributed by atoms with Crippen LogP contribution in [0.3, 0.4) is 0 Å². The number of halogens is 2. The van der Waals surface area contributed by atoms with Crippen molar-refractivity contribution in [3.05, 3.63) is 28.8 Å². The number of ether oxygens (including phenoxy) is 1. The van der Waals surface area contributed by atoms with Gasteiger partial charge in [0.2, 0.25) is 0 Å². The summed E-state index contributed by atoms with van der Waals surface area (Å²) in [5.41, 5.74) is 0.355. The molecule has 0 saturated carbocycles. The van der Waals surface area contributed by atoms with Gasteiger partial charge in [0, 0.05) is 0 Å². The van der Waals surface area contributed by atoms with Crippen LogP contribution in [-0.2, 0) is 0 Å². The van der Waals surface area contributed by atoms with E-state index in [2.05, 4.69) is 0 Å². The minimum Gasteiger partial charge on any atom is -0.495 e. The van der Waals surface area contributed by atoms with Crippen molar-refractivity contribution in [2.75, 3.05) is 13.7 Å². The molecule has 0 amide bonds. The average molecular weight is 205 g/mol. The molecule has 0 aromatic heterocycles. The van der Waals surface area contributed by atoms with Crippen LogP contribution in [0.15, 0.2) is 18.2 Å². The fourth-order valence-corrected chi connectivity index (χ4v) is 1.25. The van der Waals surface area contributed by atoms with Crippen molar-refractivity contribution < 1.29 is 14.2 Å². The summed E-state index contributed by atoms with van der Waals surface area (Å²) in [4.78, 5) is 0. The number of methoxy groups -OCH3 is 1. The third-order valence-corrected chi connectivity index (χ3v) is 1.99. The van der Waals surface area contributed by atoms with E-state index in [0.717, 1.165) is 0 Å². The summed E-state index contributed by atoms with van der Waals surface area (Å²) < 4.78 is 17.8. The van der Waals surface area contributed by atoms with Crippen molar-refractivity contribution >= 4 is 11.6 Å². The molecule has 1 aromatic carbocycles. The van der Waals surface area contributed by atoms with Gasteiger partial charge in [0.05, 0.1) is 18.7 Å². The van der Waals surface area contributed by atoms with Crippen molar-refractivity contribution in [3.63, 3.8) is 0 Å². The molecule has 0 radical (unpaired) electrons. The lowest BCUT2D eigenvalue weighted by Crippen LogP contribution is -1.97. The molecule has 0 bridgehead atoms. The second-order valence-corrected chi connectivity index (χ2v) is 2.95. The van der Waals surface area contributed by atoms with Gasteiger partial charge in [0.1, 0.15) is 11.9 Å². The monoisotopic (exact) mass is 204 g/mol. The topological polar surface area (TPSA) is 29.5 Å². The Balaban J connectivity index is 2.95. The molecule has 0 saturated heterocycles. The lowest BCUT2D eigenvalue weighted by molar-refractivity contribution is 0.180. The van der Waals surface area contributed by atoms with Gasteiger partial charge in [-0.3, -0.25) is 0 Å². The summed E-state index contributed by atoms with van der Waals surface area (Å²) in [7, 11) is 1.49. The zero-order valence-corrected chi connectivity index (χ0v) is 7.88. The highest BCUT2D eigenvalue weighted by Gasteiger charge is 2.10. The highest BCUT2D eigenvalue weighted by Crippen LogP contribution is 2.28. The average Bonchev–Trinajstić information content (AvgIpc) is 2.16. The van der Waals surface area contributed by atoms with Gasteiger partial charge >= 0.3 is 0 Å². The molecule has 2 nitrogen and oxygen atoms in total. The lowest BCUT2D eigenvalue weighted by Gasteiger charge is -2.07. The number of hydrogen-bond donors (Lipinski definition) is 1. The Morgan fingerprint density at radius 1 is 1.62 bits per heavy atom. The molecule has 0 aliphatic heterocycles. The Morgan fingerprint density at radius 3 is 2.77 bits per heavy atom. The van der Waals surface area contributed by atoms with Crippen molar-refractivity contribution in [1.29, 1.82) is 0 Å². The third-order valence-electron chi connectivity index (χ3n) is 1.70. The first-order valence-corrected chi connectivity index (χ1v) is 4.15. The molecule has 1 rings (SSSR count).